The summed E-state index contributed by atoms with van der Waals surface area (Å²) in [5.74, 6) is 0.0600. The maximum absolute atomic E-state index is 12.2. The van der Waals surface area contributed by atoms with Crippen molar-refractivity contribution in [2.24, 2.45) is 7.05 Å². The van der Waals surface area contributed by atoms with Gasteiger partial charge >= 0.3 is 0 Å². The normalized spacial score (nSPS) is 13.0. The molecule has 148 valence electrons. The van der Waals surface area contributed by atoms with Gasteiger partial charge in [-0.2, -0.15) is 0 Å². The highest BCUT2D eigenvalue weighted by Gasteiger charge is 2.22. The van der Waals surface area contributed by atoms with E-state index in [1.165, 1.54) is 16.7 Å². The van der Waals surface area contributed by atoms with Gasteiger partial charge < -0.3 is 15.2 Å². The van der Waals surface area contributed by atoms with Crippen molar-refractivity contribution < 1.29 is 4.79 Å². The number of pyridine rings is 1. The average Bonchev–Trinajstić information content (AvgIpc) is 2.72. The summed E-state index contributed by atoms with van der Waals surface area (Å²) in [7, 11) is 3.71. The Morgan fingerprint density at radius 1 is 1.10 bits per heavy atom. The molecule has 0 radical (unpaired) electrons. The summed E-state index contributed by atoms with van der Waals surface area (Å²) >= 11 is 0. The van der Waals surface area contributed by atoms with E-state index in [4.69, 9.17) is 0 Å². The van der Waals surface area contributed by atoms with E-state index in [0.29, 0.717) is 6.42 Å². The van der Waals surface area contributed by atoms with Crippen molar-refractivity contribution in [2.45, 2.75) is 26.2 Å². The van der Waals surface area contributed by atoms with Crippen LogP contribution < -0.4 is 16.2 Å². The highest BCUT2D eigenvalue weighted by Crippen LogP contribution is 2.36. The van der Waals surface area contributed by atoms with Gasteiger partial charge in [0.25, 0.3) is 5.56 Å². The first-order valence-corrected chi connectivity index (χ1v) is 9.86. The Morgan fingerprint density at radius 2 is 1.90 bits per heavy atom. The molecule has 1 aliphatic heterocycles. The van der Waals surface area contributed by atoms with Gasteiger partial charge in [-0.25, -0.2) is 0 Å². The van der Waals surface area contributed by atoms with E-state index in [1.807, 2.05) is 44.4 Å². The molecule has 2 heterocycles. The third-order valence-electron chi connectivity index (χ3n) is 5.63. The molecule has 0 atom stereocenters. The van der Waals surface area contributed by atoms with Crippen molar-refractivity contribution in [2.75, 3.05) is 17.7 Å². The highest BCUT2D eigenvalue weighted by atomic mass is 16.1. The zero-order valence-corrected chi connectivity index (χ0v) is 17.0. The summed E-state index contributed by atoms with van der Waals surface area (Å²) in [4.78, 5) is 24.1. The summed E-state index contributed by atoms with van der Waals surface area (Å²) < 4.78 is 1.64. The standard InChI is InChI=1S/C24H25N3O2/c1-15-12-17(14-27(3)24(15)29)18-8-10-22-19(9-11-23(28)26-22)20(18)13-16-6-4-5-7-21(16)25-2/h4-8,10,12,14,25H,9,11,13H2,1-3H3,(H,26,28). The van der Waals surface area contributed by atoms with Crippen molar-refractivity contribution in [3.63, 3.8) is 0 Å². The highest BCUT2D eigenvalue weighted by molar-refractivity contribution is 5.95. The number of aromatic nitrogens is 1. The fourth-order valence-electron chi connectivity index (χ4n) is 4.15. The minimum absolute atomic E-state index is 0.0149. The second-order valence-electron chi connectivity index (χ2n) is 7.58. The van der Waals surface area contributed by atoms with E-state index in [-0.39, 0.29) is 11.5 Å². The monoisotopic (exact) mass is 387 g/mol. The number of hydrogen-bond donors (Lipinski definition) is 2. The molecule has 0 fully saturated rings. The number of rotatable bonds is 4. The van der Waals surface area contributed by atoms with E-state index >= 15 is 0 Å². The molecular weight excluding hydrogens is 362 g/mol. The Bertz CT molecular complexity index is 1140. The van der Waals surface area contributed by atoms with Crippen LogP contribution in [0.25, 0.3) is 11.1 Å². The number of nitrogens with zero attached hydrogens (tertiary/aromatic N) is 1. The SMILES string of the molecule is CNc1ccccc1Cc1c(-c2cc(C)c(=O)n(C)c2)ccc2c1CCC(=O)N2. The van der Waals surface area contributed by atoms with Crippen molar-refractivity contribution in [1.29, 1.82) is 0 Å². The summed E-state index contributed by atoms with van der Waals surface area (Å²) in [5, 5.41) is 6.29. The summed E-state index contributed by atoms with van der Waals surface area (Å²) in [6, 6.07) is 14.3. The molecule has 1 amide bonds. The third-order valence-corrected chi connectivity index (χ3v) is 5.63. The molecule has 0 aliphatic carbocycles. The maximum Gasteiger partial charge on any atom is 0.253 e. The Morgan fingerprint density at radius 3 is 2.66 bits per heavy atom. The third kappa shape index (κ3) is 3.56. The first-order valence-electron chi connectivity index (χ1n) is 9.86. The van der Waals surface area contributed by atoms with Crippen LogP contribution in [-0.4, -0.2) is 17.5 Å². The van der Waals surface area contributed by atoms with E-state index in [9.17, 15) is 9.59 Å². The van der Waals surface area contributed by atoms with Gasteiger partial charge in [0.15, 0.2) is 0 Å². The van der Waals surface area contributed by atoms with Gasteiger partial charge in [0.05, 0.1) is 0 Å². The van der Waals surface area contributed by atoms with Crippen LogP contribution in [0.3, 0.4) is 0 Å². The molecule has 3 aromatic rings. The summed E-state index contributed by atoms with van der Waals surface area (Å²) in [6.45, 7) is 1.85. The molecular formula is C24H25N3O2. The van der Waals surface area contributed by atoms with Crippen LogP contribution in [0, 0.1) is 6.92 Å². The van der Waals surface area contributed by atoms with Crippen LogP contribution in [0.15, 0.2) is 53.5 Å². The van der Waals surface area contributed by atoms with Gasteiger partial charge in [-0.05, 0) is 59.4 Å². The number of aryl methyl sites for hydroxylation is 2. The molecule has 1 aliphatic rings. The molecule has 2 N–H and O–H groups in total. The van der Waals surface area contributed by atoms with E-state index in [0.717, 1.165) is 40.9 Å². The predicted octanol–water partition coefficient (Wildman–Crippen LogP) is 3.88. The number of para-hydroxylation sites is 1. The number of anilines is 2. The molecule has 2 aromatic carbocycles. The largest absolute Gasteiger partial charge is 0.388 e. The number of benzene rings is 2. The number of hydrogen-bond acceptors (Lipinski definition) is 3. The van der Waals surface area contributed by atoms with Crippen molar-refractivity contribution in [1.82, 2.24) is 4.57 Å². The minimum atomic E-state index is 0.0149. The topological polar surface area (TPSA) is 63.1 Å². The molecule has 0 unspecified atom stereocenters. The number of fused-ring (bicyclic) bond motifs is 1. The Labute approximate surface area is 170 Å². The van der Waals surface area contributed by atoms with Gasteiger partial charge in [0.1, 0.15) is 0 Å². The molecule has 5 heteroatoms. The lowest BCUT2D eigenvalue weighted by atomic mass is 9.86. The van der Waals surface area contributed by atoms with Crippen molar-refractivity contribution in [3.8, 4) is 11.1 Å². The van der Waals surface area contributed by atoms with Gasteiger partial charge in [-0.15, -0.1) is 0 Å². The van der Waals surface area contributed by atoms with Gasteiger partial charge in [-0.1, -0.05) is 24.3 Å². The van der Waals surface area contributed by atoms with Gasteiger partial charge in [-0.3, -0.25) is 9.59 Å². The first-order chi connectivity index (χ1) is 14.0. The molecule has 29 heavy (non-hydrogen) atoms. The van der Waals surface area contributed by atoms with Crippen LogP contribution in [0.1, 0.15) is 28.7 Å². The van der Waals surface area contributed by atoms with E-state index in [2.05, 4.69) is 28.8 Å². The fourth-order valence-corrected chi connectivity index (χ4v) is 4.15. The minimum Gasteiger partial charge on any atom is -0.388 e. The molecule has 0 saturated heterocycles. The summed E-state index contributed by atoms with van der Waals surface area (Å²) in [5.41, 5.74) is 8.41. The lowest BCUT2D eigenvalue weighted by molar-refractivity contribution is -0.116. The Kier molecular flexibility index (Phi) is 4.97. The van der Waals surface area contributed by atoms with E-state index in [1.54, 1.807) is 11.6 Å². The molecule has 0 bridgehead atoms. The Hall–Kier alpha value is -3.34. The lowest BCUT2D eigenvalue weighted by Gasteiger charge is -2.24. The van der Waals surface area contributed by atoms with Crippen LogP contribution in [0.5, 0.6) is 0 Å². The smallest absolute Gasteiger partial charge is 0.253 e. The molecule has 0 saturated carbocycles. The molecule has 5 nitrogen and oxygen atoms in total. The van der Waals surface area contributed by atoms with Gasteiger partial charge in [0, 0.05) is 50.1 Å². The summed E-state index contributed by atoms with van der Waals surface area (Å²) in [6.07, 6.45) is 3.85. The van der Waals surface area contributed by atoms with Crippen LogP contribution >= 0.6 is 0 Å². The zero-order chi connectivity index (χ0) is 20.5. The number of carbonyl (C=O) groups is 1. The van der Waals surface area contributed by atoms with Crippen LogP contribution in [0.4, 0.5) is 11.4 Å². The lowest BCUT2D eigenvalue weighted by Crippen LogP contribution is -2.21. The number of carbonyl (C=O) groups excluding carboxylic acids is 1. The predicted molar refractivity (Wildman–Crippen MR) is 118 cm³/mol. The average molecular weight is 387 g/mol. The zero-order valence-electron chi connectivity index (χ0n) is 17.0. The van der Waals surface area contributed by atoms with Gasteiger partial charge in [0.2, 0.25) is 5.91 Å². The quantitative estimate of drug-likeness (QED) is 0.714. The molecule has 0 spiro atoms. The fraction of sp³-hybridized carbons (Fsp3) is 0.250. The van der Waals surface area contributed by atoms with Crippen molar-refractivity contribution >= 4 is 17.3 Å². The van der Waals surface area contributed by atoms with E-state index < -0.39 is 0 Å². The Balaban J connectivity index is 1.92. The second-order valence-corrected chi connectivity index (χ2v) is 7.58. The van der Waals surface area contributed by atoms with Crippen LogP contribution in [-0.2, 0) is 24.7 Å². The molecule has 1 aromatic heterocycles. The maximum atomic E-state index is 12.2. The van der Waals surface area contributed by atoms with Crippen LogP contribution in [0.2, 0.25) is 0 Å². The number of nitrogens with one attached hydrogen (secondary N) is 2. The second kappa shape index (κ2) is 7.59. The molecule has 4 rings (SSSR count). The van der Waals surface area contributed by atoms with Crippen molar-refractivity contribution in [3.05, 3.63) is 81.3 Å². The number of amides is 1. The first kappa shape index (κ1) is 19.0.